The van der Waals surface area contributed by atoms with E-state index in [-0.39, 0.29) is 57.8 Å². The zero-order valence-corrected chi connectivity index (χ0v) is 18.4. The Hall–Kier alpha value is -0.545. The van der Waals surface area contributed by atoms with E-state index in [2.05, 4.69) is 13.8 Å². The van der Waals surface area contributed by atoms with Crippen LogP contribution in [-0.2, 0) is 24.0 Å². The number of hydrogen-bond acceptors (Lipinski definition) is 6. The first-order chi connectivity index (χ1) is 11.5. The predicted molar refractivity (Wildman–Crippen MR) is 92.4 cm³/mol. The predicted octanol–water partition coefficient (Wildman–Crippen LogP) is -0.328. The maximum Gasteiger partial charge on any atom is 1.00 e. The standard InChI is InChI=1S/C8H16O.C8H14O.2CO2.B.Na.H/c2*1-2-7-3-5-8(9)6-4-7;2*2-1-3;;;/h7-9H,2-6H2,1H3;7H,2-6H2,1H3;;;;;/q;;;;;+1;-1. The van der Waals surface area contributed by atoms with E-state index in [0.29, 0.717) is 5.78 Å². The van der Waals surface area contributed by atoms with Crippen molar-refractivity contribution in [2.24, 2.45) is 11.8 Å². The average Bonchev–Trinajstić information content (AvgIpc) is 2.58. The van der Waals surface area contributed by atoms with E-state index in [4.69, 9.17) is 24.3 Å². The Morgan fingerprint density at radius 1 is 0.846 bits per heavy atom. The average molecular weight is 377 g/mol. The minimum atomic E-state index is 0. The third-order valence-corrected chi connectivity index (χ3v) is 4.63. The summed E-state index contributed by atoms with van der Waals surface area (Å²) in [5.74, 6) is 2.23. The van der Waals surface area contributed by atoms with Crippen molar-refractivity contribution < 1.29 is 60.1 Å². The van der Waals surface area contributed by atoms with Crippen LogP contribution in [0.4, 0.5) is 0 Å². The molecule has 0 bridgehead atoms. The summed E-state index contributed by atoms with van der Waals surface area (Å²) in [5, 5.41) is 9.12. The molecule has 0 aromatic heterocycles. The van der Waals surface area contributed by atoms with Crippen LogP contribution < -0.4 is 29.6 Å². The van der Waals surface area contributed by atoms with Gasteiger partial charge in [0.25, 0.3) is 0 Å². The van der Waals surface area contributed by atoms with Crippen molar-refractivity contribution in [1.82, 2.24) is 0 Å². The molecule has 6 nitrogen and oxygen atoms in total. The third-order valence-electron chi connectivity index (χ3n) is 4.63. The Bertz CT molecular complexity index is 369. The fourth-order valence-corrected chi connectivity index (χ4v) is 2.96. The van der Waals surface area contributed by atoms with E-state index in [9.17, 15) is 4.79 Å². The summed E-state index contributed by atoms with van der Waals surface area (Å²) < 4.78 is 0. The second-order valence-corrected chi connectivity index (χ2v) is 6.14. The van der Waals surface area contributed by atoms with Crippen LogP contribution in [-0.4, -0.2) is 37.7 Å². The normalized spacial score (nSPS) is 21.1. The summed E-state index contributed by atoms with van der Waals surface area (Å²) >= 11 is 0. The minimum absolute atomic E-state index is 0. The fourth-order valence-electron chi connectivity index (χ4n) is 2.96. The van der Waals surface area contributed by atoms with E-state index >= 15 is 0 Å². The van der Waals surface area contributed by atoms with Gasteiger partial charge in [-0.2, -0.15) is 19.2 Å². The molecule has 3 radical (unpaired) electrons. The molecular weight excluding hydrogens is 346 g/mol. The van der Waals surface area contributed by atoms with Crippen molar-refractivity contribution in [2.45, 2.75) is 84.2 Å². The maximum absolute atomic E-state index is 10.7. The molecule has 2 saturated carbocycles. The quantitative estimate of drug-likeness (QED) is 0.661. The van der Waals surface area contributed by atoms with E-state index in [0.717, 1.165) is 50.4 Å². The van der Waals surface area contributed by atoms with Crippen LogP contribution in [0.15, 0.2) is 0 Å². The molecule has 0 spiro atoms. The molecule has 2 rings (SSSR count). The van der Waals surface area contributed by atoms with Crippen molar-refractivity contribution in [3.8, 4) is 0 Å². The molecule has 0 atom stereocenters. The Morgan fingerprint density at radius 3 is 1.46 bits per heavy atom. The number of Topliss-reactive ketones (excluding diaryl/α,β-unsaturated/α-hetero) is 1. The Balaban J connectivity index is -0.0000000856. The Labute approximate surface area is 182 Å². The first-order valence-corrected chi connectivity index (χ1v) is 8.67. The fraction of sp³-hybridized carbons (Fsp3) is 0.833. The van der Waals surface area contributed by atoms with Gasteiger partial charge in [0.15, 0.2) is 0 Å². The first-order valence-electron chi connectivity index (χ1n) is 8.67. The summed E-state index contributed by atoms with van der Waals surface area (Å²) in [4.78, 5) is 43.2. The van der Waals surface area contributed by atoms with Gasteiger partial charge in [-0.15, -0.1) is 0 Å². The van der Waals surface area contributed by atoms with Gasteiger partial charge in [0.1, 0.15) is 5.78 Å². The molecule has 0 saturated heterocycles. The molecule has 143 valence electrons. The monoisotopic (exact) mass is 377 g/mol. The number of aliphatic hydroxyl groups is 1. The van der Waals surface area contributed by atoms with Gasteiger partial charge in [0, 0.05) is 21.3 Å². The molecule has 2 aliphatic carbocycles. The van der Waals surface area contributed by atoms with E-state index in [1.165, 1.54) is 25.7 Å². The van der Waals surface area contributed by atoms with Gasteiger partial charge in [-0.25, -0.2) is 0 Å². The van der Waals surface area contributed by atoms with Crippen LogP contribution in [0.3, 0.4) is 0 Å². The Kier molecular flexibility index (Phi) is 31.1. The first kappa shape index (κ1) is 33.1. The topological polar surface area (TPSA) is 106 Å². The largest absolute Gasteiger partial charge is 1.00 e. The molecule has 0 unspecified atom stereocenters. The van der Waals surface area contributed by atoms with E-state index < -0.39 is 0 Å². The van der Waals surface area contributed by atoms with Crippen molar-refractivity contribution in [1.29, 1.82) is 0 Å². The Morgan fingerprint density at radius 2 is 1.15 bits per heavy atom. The van der Waals surface area contributed by atoms with Crippen molar-refractivity contribution >= 4 is 26.5 Å². The van der Waals surface area contributed by atoms with Crippen LogP contribution in [0.5, 0.6) is 0 Å². The molecule has 1 N–H and O–H groups in total. The summed E-state index contributed by atoms with van der Waals surface area (Å²) in [6, 6.07) is 0. The maximum atomic E-state index is 10.7. The van der Waals surface area contributed by atoms with Gasteiger partial charge in [0.2, 0.25) is 0 Å². The smallest absolute Gasteiger partial charge is 1.00 e. The molecule has 0 amide bonds. The molecule has 0 aromatic rings. The van der Waals surface area contributed by atoms with E-state index in [1.807, 2.05) is 0 Å². The van der Waals surface area contributed by atoms with E-state index in [1.54, 1.807) is 0 Å². The number of hydrogen-bond donors (Lipinski definition) is 1. The molecular formula is C18H31BNaO6. The van der Waals surface area contributed by atoms with Crippen molar-refractivity contribution in [2.75, 3.05) is 0 Å². The van der Waals surface area contributed by atoms with Crippen LogP contribution in [0.1, 0.15) is 79.5 Å². The van der Waals surface area contributed by atoms with Gasteiger partial charge in [-0.3, -0.25) is 4.79 Å². The van der Waals surface area contributed by atoms with Crippen LogP contribution in [0.25, 0.3) is 0 Å². The molecule has 2 fully saturated rings. The zero-order chi connectivity index (χ0) is 18.8. The van der Waals surface area contributed by atoms with Crippen molar-refractivity contribution in [3.05, 3.63) is 0 Å². The van der Waals surface area contributed by atoms with Gasteiger partial charge < -0.3 is 6.53 Å². The molecule has 2 aliphatic rings. The van der Waals surface area contributed by atoms with Crippen molar-refractivity contribution in [3.63, 3.8) is 0 Å². The number of aliphatic hydroxyl groups excluding tert-OH is 1. The van der Waals surface area contributed by atoms with Crippen LogP contribution in [0.2, 0.25) is 0 Å². The SMILES string of the molecule is CCC1CCC(=O)CC1.CCC1CCC(O)CC1.O=C=O.O=C=O.[B].[H-].[Na+]. The number of ketones is 1. The van der Waals surface area contributed by atoms with Gasteiger partial charge in [-0.1, -0.05) is 26.7 Å². The molecule has 0 aromatic carbocycles. The molecule has 0 aliphatic heterocycles. The van der Waals surface area contributed by atoms with Crippen LogP contribution in [0, 0.1) is 11.8 Å². The summed E-state index contributed by atoms with van der Waals surface area (Å²) in [6.45, 7) is 4.45. The van der Waals surface area contributed by atoms with Gasteiger partial charge in [-0.05, 0) is 50.4 Å². The number of rotatable bonds is 2. The minimum Gasteiger partial charge on any atom is -1.00 e. The number of carbonyl (C=O) groups excluding carboxylic acids is 5. The second-order valence-electron chi connectivity index (χ2n) is 6.14. The zero-order valence-electron chi connectivity index (χ0n) is 17.4. The second kappa shape index (κ2) is 24.5. The summed E-state index contributed by atoms with van der Waals surface area (Å²) in [5.41, 5.74) is 0. The summed E-state index contributed by atoms with van der Waals surface area (Å²) in [7, 11) is 0. The molecule has 26 heavy (non-hydrogen) atoms. The third kappa shape index (κ3) is 21.5. The van der Waals surface area contributed by atoms with Crippen LogP contribution >= 0.6 is 0 Å². The van der Waals surface area contributed by atoms with Gasteiger partial charge in [0.05, 0.1) is 6.10 Å². The number of carbonyl (C=O) groups is 1. The molecule has 0 heterocycles. The summed E-state index contributed by atoms with van der Waals surface area (Å²) in [6.07, 6.45) is 11.6. The molecule has 8 heteroatoms. The van der Waals surface area contributed by atoms with Gasteiger partial charge >= 0.3 is 41.9 Å².